The van der Waals surface area contributed by atoms with E-state index in [2.05, 4.69) is 0 Å². The Morgan fingerprint density at radius 2 is 1.72 bits per heavy atom. The van der Waals surface area contributed by atoms with Crippen molar-refractivity contribution < 1.29 is 19.3 Å². The van der Waals surface area contributed by atoms with E-state index in [1.54, 1.807) is 31.2 Å². The van der Waals surface area contributed by atoms with Gasteiger partial charge in [0.05, 0.1) is 17.8 Å². The molecule has 0 amide bonds. The highest BCUT2D eigenvalue weighted by molar-refractivity contribution is 5.88. The van der Waals surface area contributed by atoms with Gasteiger partial charge in [0.1, 0.15) is 0 Å². The van der Waals surface area contributed by atoms with Crippen molar-refractivity contribution in [2.75, 3.05) is 6.61 Å². The van der Waals surface area contributed by atoms with Gasteiger partial charge in [-0.1, -0.05) is 18.2 Å². The molecule has 4 nitrogen and oxygen atoms in total. The number of carbonyl (C=O) groups is 1. The zero-order valence-corrected chi connectivity index (χ0v) is 11.2. The molecule has 0 bridgehead atoms. The highest BCUT2D eigenvalue weighted by atomic mass is 17.2. The Balaban J connectivity index is 2.31. The first-order valence-electron chi connectivity index (χ1n) is 5.79. The average Bonchev–Trinajstić information content (AvgIpc) is 2.33. The molecule has 0 spiro atoms. The van der Waals surface area contributed by atoms with E-state index in [1.165, 1.54) is 0 Å². The lowest BCUT2D eigenvalue weighted by Gasteiger charge is -2.21. The maximum Gasteiger partial charge on any atom is 0.373 e. The molecule has 0 aromatic heterocycles. The summed E-state index contributed by atoms with van der Waals surface area (Å²) in [5.41, 5.74) is 0.190. The molecule has 0 fully saturated rings. The molecule has 0 atom stereocenters. The van der Waals surface area contributed by atoms with Gasteiger partial charge in [0.2, 0.25) is 0 Å². The molecule has 1 rings (SSSR count). The van der Waals surface area contributed by atoms with E-state index in [0.717, 1.165) is 0 Å². The van der Waals surface area contributed by atoms with Gasteiger partial charge in [0, 0.05) is 0 Å². The lowest BCUT2D eigenvalue weighted by Crippen LogP contribution is -2.23. The summed E-state index contributed by atoms with van der Waals surface area (Å²) >= 11 is 0. The largest absolute Gasteiger partial charge is 0.373 e. The van der Waals surface area contributed by atoms with Crippen LogP contribution in [0.3, 0.4) is 0 Å². The summed E-state index contributed by atoms with van der Waals surface area (Å²) in [7, 11) is 0. The van der Waals surface area contributed by atoms with Crippen LogP contribution in [-0.2, 0) is 14.5 Å². The van der Waals surface area contributed by atoms with Crippen LogP contribution in [0.2, 0.25) is 0 Å². The van der Waals surface area contributed by atoms with Crippen molar-refractivity contribution in [1.29, 1.82) is 0 Å². The minimum Gasteiger partial charge on any atom is -0.373 e. The van der Waals surface area contributed by atoms with Crippen LogP contribution in [0.1, 0.15) is 38.1 Å². The van der Waals surface area contributed by atoms with Crippen molar-refractivity contribution in [2.45, 2.75) is 33.3 Å². The van der Waals surface area contributed by atoms with Crippen LogP contribution in [0.15, 0.2) is 30.3 Å². The average molecular weight is 251 g/mol. The van der Waals surface area contributed by atoms with Gasteiger partial charge in [0.25, 0.3) is 0 Å². The van der Waals surface area contributed by atoms with E-state index in [0.29, 0.717) is 11.7 Å². The van der Waals surface area contributed by atoms with Crippen LogP contribution in [0.25, 0.3) is 0 Å². The van der Waals surface area contributed by atoms with Gasteiger partial charge in [0.15, 0.2) is 6.10 Å². The molecule has 1 aromatic rings. The second-order valence-electron chi connectivity index (χ2n) is 4.92. The van der Waals surface area contributed by atoms with Gasteiger partial charge < -0.3 is 4.74 Å². The highest BCUT2D eigenvalue weighted by Crippen LogP contribution is 2.12. The van der Waals surface area contributed by atoms with E-state index in [4.69, 9.17) is 14.5 Å². The van der Waals surface area contributed by atoms with E-state index < -0.39 is 5.97 Å². The summed E-state index contributed by atoms with van der Waals surface area (Å²) in [6, 6.07) is 8.66. The number of hydrogen-bond donors (Lipinski definition) is 0. The number of ether oxygens (including phenoxy) is 1. The van der Waals surface area contributed by atoms with Crippen LogP contribution in [0.5, 0.6) is 0 Å². The van der Waals surface area contributed by atoms with Gasteiger partial charge in [-0.3, -0.25) is 4.89 Å². The van der Waals surface area contributed by atoms with E-state index in [9.17, 15) is 4.79 Å². The van der Waals surface area contributed by atoms with E-state index in [-0.39, 0.29) is 12.2 Å². The van der Waals surface area contributed by atoms with Gasteiger partial charge >= 0.3 is 5.97 Å². The zero-order valence-electron chi connectivity index (χ0n) is 11.2. The number of rotatable bonds is 5. The van der Waals surface area contributed by atoms with Crippen LogP contribution < -0.4 is 0 Å². The van der Waals surface area contributed by atoms with Gasteiger partial charge in [-0.2, -0.15) is 4.89 Å². The Kier molecular flexibility index (Phi) is 5.31. The summed E-state index contributed by atoms with van der Waals surface area (Å²) in [5, 5.41) is 0. The monoisotopic (exact) mass is 251 g/mol. The molecular formula is C14H19O4. The van der Waals surface area contributed by atoms with E-state index in [1.807, 2.05) is 26.8 Å². The molecule has 0 aliphatic rings. The molecule has 0 aliphatic carbocycles. The van der Waals surface area contributed by atoms with Crippen LogP contribution in [0, 0.1) is 6.10 Å². The second kappa shape index (κ2) is 6.52. The fourth-order valence-corrected chi connectivity index (χ4v) is 1.07. The maximum atomic E-state index is 11.5. The topological polar surface area (TPSA) is 44.8 Å². The molecule has 0 saturated carbocycles. The molecule has 1 aromatic carbocycles. The van der Waals surface area contributed by atoms with Crippen LogP contribution in [-0.4, -0.2) is 18.2 Å². The van der Waals surface area contributed by atoms with Crippen molar-refractivity contribution in [3.63, 3.8) is 0 Å². The third-order valence-electron chi connectivity index (χ3n) is 1.98. The molecule has 0 aliphatic heterocycles. The molecule has 0 N–H and O–H groups in total. The lowest BCUT2D eigenvalue weighted by atomic mass is 10.2. The molecule has 0 heterocycles. The molecule has 1 radical (unpaired) electrons. The molecular weight excluding hydrogens is 232 g/mol. The predicted molar refractivity (Wildman–Crippen MR) is 67.6 cm³/mol. The van der Waals surface area contributed by atoms with Crippen molar-refractivity contribution in [3.8, 4) is 0 Å². The quantitative estimate of drug-likeness (QED) is 0.595. The Morgan fingerprint density at radius 1 is 1.11 bits per heavy atom. The van der Waals surface area contributed by atoms with Gasteiger partial charge in [-0.25, -0.2) is 4.79 Å². The highest BCUT2D eigenvalue weighted by Gasteiger charge is 2.16. The van der Waals surface area contributed by atoms with Crippen LogP contribution in [0.4, 0.5) is 0 Å². The third-order valence-corrected chi connectivity index (χ3v) is 1.98. The fourth-order valence-electron chi connectivity index (χ4n) is 1.07. The SMILES string of the molecule is C[C](COC(C)(C)C)OOC(=O)c1ccccc1. The fraction of sp³-hybridized carbons (Fsp3) is 0.429. The van der Waals surface area contributed by atoms with Gasteiger partial charge in [-0.05, 0) is 39.8 Å². The smallest absolute Gasteiger partial charge is 0.373 e. The summed E-state index contributed by atoms with van der Waals surface area (Å²) in [6.07, 6.45) is 0.495. The molecule has 4 heteroatoms. The molecule has 0 saturated heterocycles. The summed E-state index contributed by atoms with van der Waals surface area (Å²) in [6.45, 7) is 7.80. The van der Waals surface area contributed by atoms with Gasteiger partial charge in [-0.15, -0.1) is 0 Å². The predicted octanol–water partition coefficient (Wildman–Crippen LogP) is 3.14. The van der Waals surface area contributed by atoms with Crippen molar-refractivity contribution in [3.05, 3.63) is 42.0 Å². The molecule has 0 unspecified atom stereocenters. The van der Waals surface area contributed by atoms with Crippen molar-refractivity contribution >= 4 is 5.97 Å². The normalized spacial score (nSPS) is 11.6. The number of hydrogen-bond acceptors (Lipinski definition) is 4. The molecule has 18 heavy (non-hydrogen) atoms. The Bertz CT molecular complexity index is 367. The summed E-state index contributed by atoms with van der Waals surface area (Å²) in [5.74, 6) is -0.522. The minimum atomic E-state index is -0.522. The van der Waals surface area contributed by atoms with Crippen molar-refractivity contribution in [1.82, 2.24) is 0 Å². The van der Waals surface area contributed by atoms with Crippen molar-refractivity contribution in [2.24, 2.45) is 0 Å². The second-order valence-corrected chi connectivity index (χ2v) is 4.92. The van der Waals surface area contributed by atoms with E-state index >= 15 is 0 Å². The minimum absolute atomic E-state index is 0.256. The Labute approximate surface area is 108 Å². The molecule has 99 valence electrons. The lowest BCUT2D eigenvalue weighted by molar-refractivity contribution is -0.242. The number of carbonyl (C=O) groups excluding carboxylic acids is 1. The van der Waals surface area contributed by atoms with Crippen LogP contribution >= 0.6 is 0 Å². The first-order valence-corrected chi connectivity index (χ1v) is 5.79. The first-order chi connectivity index (χ1) is 8.38. The number of benzene rings is 1. The Morgan fingerprint density at radius 3 is 2.28 bits per heavy atom. The Hall–Kier alpha value is -1.39. The standard InChI is InChI=1S/C14H19O4/c1-11(10-16-14(2,3)4)17-18-13(15)12-8-6-5-7-9-12/h5-9H,10H2,1-4H3. The zero-order chi connectivity index (χ0) is 13.6. The third kappa shape index (κ3) is 5.80. The maximum absolute atomic E-state index is 11.5. The summed E-state index contributed by atoms with van der Waals surface area (Å²) < 4.78 is 5.48. The first kappa shape index (κ1) is 14.7. The summed E-state index contributed by atoms with van der Waals surface area (Å²) in [4.78, 5) is 21.1.